The highest BCUT2D eigenvalue weighted by Crippen LogP contribution is 2.29. The Hall–Kier alpha value is -2.77. The molecule has 0 saturated carbocycles. The minimum Gasteiger partial charge on any atom is -0.508 e. The summed E-state index contributed by atoms with van der Waals surface area (Å²) in [5.74, 6) is -0.720. The lowest BCUT2D eigenvalue weighted by Gasteiger charge is -2.37. The number of unbranched alkanes of at least 4 members (excludes halogenated alkanes) is 3. The predicted molar refractivity (Wildman–Crippen MR) is 152 cm³/mol. The van der Waals surface area contributed by atoms with Crippen molar-refractivity contribution in [1.82, 2.24) is 15.5 Å². The van der Waals surface area contributed by atoms with Gasteiger partial charge in [0.25, 0.3) is 0 Å². The lowest BCUT2D eigenvalue weighted by Crippen LogP contribution is -2.56. The van der Waals surface area contributed by atoms with Gasteiger partial charge in [-0.15, -0.1) is 0 Å². The fraction of sp³-hybridized carbons (Fsp3) is 0.700. The van der Waals surface area contributed by atoms with Crippen LogP contribution in [0.4, 0.5) is 4.79 Å². The van der Waals surface area contributed by atoms with Crippen molar-refractivity contribution in [1.29, 1.82) is 0 Å². The van der Waals surface area contributed by atoms with Gasteiger partial charge in [-0.25, -0.2) is 4.79 Å². The van der Waals surface area contributed by atoms with E-state index in [-0.39, 0.29) is 23.5 Å². The number of nitrogens with one attached hydrogen (secondary N) is 2. The highest BCUT2D eigenvalue weighted by atomic mass is 16.6. The number of hydrogen-bond acceptors (Lipinski definition) is 5. The molecule has 0 spiro atoms. The number of aryl methyl sites for hydroxylation is 1. The number of carbonyl (C=O) groups is 3. The van der Waals surface area contributed by atoms with Gasteiger partial charge in [-0.3, -0.25) is 9.59 Å². The molecule has 0 fully saturated rings. The molecular formula is C30H51N3O5. The molecule has 8 heteroatoms. The van der Waals surface area contributed by atoms with E-state index in [2.05, 4.69) is 17.6 Å². The van der Waals surface area contributed by atoms with Crippen molar-refractivity contribution in [2.24, 2.45) is 5.92 Å². The lowest BCUT2D eigenvalue weighted by atomic mass is 9.94. The van der Waals surface area contributed by atoms with Crippen LogP contribution in [0.3, 0.4) is 0 Å². The monoisotopic (exact) mass is 533 g/mol. The molecule has 216 valence electrons. The molecule has 1 aromatic rings. The molecule has 0 saturated heterocycles. The van der Waals surface area contributed by atoms with E-state index in [9.17, 15) is 19.5 Å². The molecular weight excluding hydrogens is 482 g/mol. The van der Waals surface area contributed by atoms with Gasteiger partial charge in [0.2, 0.25) is 11.8 Å². The van der Waals surface area contributed by atoms with Gasteiger partial charge in [0.15, 0.2) is 0 Å². The molecule has 1 aromatic carbocycles. The summed E-state index contributed by atoms with van der Waals surface area (Å²) in [4.78, 5) is 42.4. The van der Waals surface area contributed by atoms with E-state index < -0.39 is 29.3 Å². The standard InChI is InChI=1S/C30H51N3O5/c1-11-13-14-15-18-33(27(36)24(20(3)12-2)31-28(37)38-30(8,9)10)25(26(35)32-29(5,6)7)22-16-17-23(34)21(4)19-22/h16-17,19-20,24-25,34H,11-15,18H2,1-10H3,(H,31,37)(H,32,35). The third-order valence-electron chi connectivity index (χ3n) is 6.28. The van der Waals surface area contributed by atoms with Crippen LogP contribution in [0, 0.1) is 12.8 Å². The van der Waals surface area contributed by atoms with Crippen molar-refractivity contribution in [2.45, 2.75) is 125 Å². The number of amides is 3. The third kappa shape index (κ3) is 10.9. The number of aromatic hydroxyl groups is 1. The van der Waals surface area contributed by atoms with Crippen LogP contribution < -0.4 is 10.6 Å². The average molecular weight is 534 g/mol. The van der Waals surface area contributed by atoms with E-state index in [0.29, 0.717) is 24.1 Å². The summed E-state index contributed by atoms with van der Waals surface area (Å²) in [7, 11) is 0. The zero-order chi connectivity index (χ0) is 29.3. The molecule has 3 unspecified atom stereocenters. The number of hydrogen-bond donors (Lipinski definition) is 3. The van der Waals surface area contributed by atoms with E-state index in [0.717, 1.165) is 25.7 Å². The maximum absolute atomic E-state index is 14.3. The normalized spacial score (nSPS) is 14.3. The Morgan fingerprint density at radius 1 is 1.03 bits per heavy atom. The highest BCUT2D eigenvalue weighted by molar-refractivity contribution is 5.92. The van der Waals surface area contributed by atoms with Crippen LogP contribution in [0.15, 0.2) is 18.2 Å². The minimum atomic E-state index is -0.936. The number of carbonyl (C=O) groups excluding carboxylic acids is 3. The van der Waals surface area contributed by atoms with Crippen LogP contribution in [-0.4, -0.2) is 51.6 Å². The van der Waals surface area contributed by atoms with Gasteiger partial charge in [0.1, 0.15) is 23.4 Å². The van der Waals surface area contributed by atoms with E-state index in [1.54, 1.807) is 50.8 Å². The second-order valence-electron chi connectivity index (χ2n) is 12.3. The minimum absolute atomic E-state index is 0.119. The number of benzene rings is 1. The van der Waals surface area contributed by atoms with Gasteiger partial charge in [0.05, 0.1) is 0 Å². The molecule has 0 aromatic heterocycles. The van der Waals surface area contributed by atoms with Crippen LogP contribution in [0.2, 0.25) is 0 Å². The topological polar surface area (TPSA) is 108 Å². The lowest BCUT2D eigenvalue weighted by molar-refractivity contribution is -0.144. The van der Waals surface area contributed by atoms with E-state index in [4.69, 9.17) is 4.74 Å². The summed E-state index contributed by atoms with van der Waals surface area (Å²) >= 11 is 0. The molecule has 8 nitrogen and oxygen atoms in total. The Kier molecular flexibility index (Phi) is 12.6. The quantitative estimate of drug-likeness (QED) is 0.285. The van der Waals surface area contributed by atoms with Crippen molar-refractivity contribution in [3.05, 3.63) is 29.3 Å². The second-order valence-corrected chi connectivity index (χ2v) is 12.3. The Morgan fingerprint density at radius 2 is 1.66 bits per heavy atom. The smallest absolute Gasteiger partial charge is 0.408 e. The predicted octanol–water partition coefficient (Wildman–Crippen LogP) is 6.00. The molecule has 0 bridgehead atoms. The number of phenols is 1. The van der Waals surface area contributed by atoms with Crippen molar-refractivity contribution < 1.29 is 24.2 Å². The first-order chi connectivity index (χ1) is 17.5. The summed E-state index contributed by atoms with van der Waals surface area (Å²) in [6.07, 6.45) is 3.66. The van der Waals surface area contributed by atoms with Crippen molar-refractivity contribution in [3.63, 3.8) is 0 Å². The summed E-state index contributed by atoms with van der Waals surface area (Å²) in [5.41, 5.74) is -0.0275. The van der Waals surface area contributed by atoms with Gasteiger partial charge < -0.3 is 25.4 Å². The largest absolute Gasteiger partial charge is 0.508 e. The molecule has 3 amide bonds. The molecule has 38 heavy (non-hydrogen) atoms. The third-order valence-corrected chi connectivity index (χ3v) is 6.28. The molecule has 3 N–H and O–H groups in total. The zero-order valence-corrected chi connectivity index (χ0v) is 25.2. The number of rotatable bonds is 12. The van der Waals surface area contributed by atoms with Crippen LogP contribution in [0.25, 0.3) is 0 Å². The van der Waals surface area contributed by atoms with Crippen LogP contribution in [0.1, 0.15) is 112 Å². The Balaban J connectivity index is 3.60. The van der Waals surface area contributed by atoms with Crippen molar-refractivity contribution in [2.75, 3.05) is 6.54 Å². The Morgan fingerprint density at radius 3 is 2.16 bits per heavy atom. The van der Waals surface area contributed by atoms with Gasteiger partial charge in [-0.2, -0.15) is 0 Å². The maximum Gasteiger partial charge on any atom is 0.408 e. The maximum atomic E-state index is 14.3. The van der Waals surface area contributed by atoms with Gasteiger partial charge >= 0.3 is 6.09 Å². The number of phenolic OH excluding ortho intramolecular Hbond substituents is 1. The SMILES string of the molecule is CCCCCCN(C(=O)C(NC(=O)OC(C)(C)C)C(C)CC)C(C(=O)NC(C)(C)C)c1ccc(O)c(C)c1. The van der Waals surface area contributed by atoms with Crippen molar-refractivity contribution in [3.8, 4) is 5.75 Å². The number of nitrogens with zero attached hydrogens (tertiary/aromatic N) is 1. The zero-order valence-electron chi connectivity index (χ0n) is 25.2. The molecule has 0 aliphatic carbocycles. The second kappa shape index (κ2) is 14.4. The van der Waals surface area contributed by atoms with Gasteiger partial charge in [0, 0.05) is 12.1 Å². The fourth-order valence-electron chi connectivity index (χ4n) is 4.13. The molecule has 0 aliphatic rings. The highest BCUT2D eigenvalue weighted by Gasteiger charge is 2.38. The molecule has 3 atom stereocenters. The van der Waals surface area contributed by atoms with E-state index >= 15 is 0 Å². The molecule has 0 aliphatic heterocycles. The summed E-state index contributed by atoms with van der Waals surface area (Å²) in [5, 5.41) is 16.0. The molecule has 0 radical (unpaired) electrons. The van der Waals surface area contributed by atoms with E-state index in [1.165, 1.54) is 0 Å². The molecule has 0 heterocycles. The Labute approximate surface area is 229 Å². The summed E-state index contributed by atoms with van der Waals surface area (Å²) in [6, 6.07) is 3.17. The number of alkyl carbamates (subject to hydrolysis) is 1. The van der Waals surface area contributed by atoms with E-state index in [1.807, 2.05) is 34.6 Å². The van der Waals surface area contributed by atoms with Crippen LogP contribution in [-0.2, 0) is 14.3 Å². The van der Waals surface area contributed by atoms with Gasteiger partial charge in [-0.05, 0) is 84.1 Å². The van der Waals surface area contributed by atoms with Crippen LogP contribution >= 0.6 is 0 Å². The summed E-state index contributed by atoms with van der Waals surface area (Å²) in [6.45, 7) is 19.1. The van der Waals surface area contributed by atoms with Crippen molar-refractivity contribution >= 4 is 17.9 Å². The van der Waals surface area contributed by atoms with Crippen LogP contribution in [0.5, 0.6) is 5.75 Å². The first-order valence-electron chi connectivity index (χ1n) is 13.9. The fourth-order valence-corrected chi connectivity index (χ4v) is 4.13. The molecule has 1 rings (SSSR count). The number of ether oxygens (including phenoxy) is 1. The first kappa shape index (κ1) is 33.3. The summed E-state index contributed by atoms with van der Waals surface area (Å²) < 4.78 is 5.47. The first-order valence-corrected chi connectivity index (χ1v) is 13.9. The Bertz CT molecular complexity index is 933. The van der Waals surface area contributed by atoms with Gasteiger partial charge in [-0.1, -0.05) is 52.5 Å². The average Bonchev–Trinajstić information content (AvgIpc) is 2.78.